The van der Waals surface area contributed by atoms with Crippen molar-refractivity contribution in [3.05, 3.63) is 75.4 Å². The number of aromatic nitrogens is 4. The molecule has 0 spiro atoms. The van der Waals surface area contributed by atoms with Crippen molar-refractivity contribution in [1.29, 1.82) is 0 Å². The Labute approximate surface area is 165 Å². The SMILES string of the molecule is CC1=C(C(=O)Nc2ccc(Cl)cc2)C(c2ccc(Cl)cc2)n2nnnc2N1. The van der Waals surface area contributed by atoms with Crippen LogP contribution in [-0.2, 0) is 4.79 Å². The number of rotatable bonds is 3. The Balaban J connectivity index is 1.74. The summed E-state index contributed by atoms with van der Waals surface area (Å²) in [5.74, 6) is 0.207. The highest BCUT2D eigenvalue weighted by atomic mass is 35.5. The highest BCUT2D eigenvalue weighted by Gasteiger charge is 2.34. The van der Waals surface area contributed by atoms with Gasteiger partial charge in [-0.3, -0.25) is 4.79 Å². The van der Waals surface area contributed by atoms with E-state index in [1.807, 2.05) is 19.1 Å². The minimum Gasteiger partial charge on any atom is -0.326 e. The van der Waals surface area contributed by atoms with Gasteiger partial charge in [-0.2, -0.15) is 4.68 Å². The molecule has 1 aromatic heterocycles. The quantitative estimate of drug-likeness (QED) is 0.695. The number of hydrogen-bond acceptors (Lipinski definition) is 5. The summed E-state index contributed by atoms with van der Waals surface area (Å²) in [6.45, 7) is 1.82. The molecule has 0 fully saturated rings. The van der Waals surface area contributed by atoms with Crippen molar-refractivity contribution in [2.45, 2.75) is 13.0 Å². The third-order valence-electron chi connectivity index (χ3n) is 4.25. The summed E-state index contributed by atoms with van der Waals surface area (Å²) in [4.78, 5) is 13.1. The third kappa shape index (κ3) is 3.39. The number of halogens is 2. The van der Waals surface area contributed by atoms with E-state index in [-0.39, 0.29) is 5.91 Å². The molecule has 1 atom stereocenters. The summed E-state index contributed by atoms with van der Waals surface area (Å²) in [6.07, 6.45) is 0. The summed E-state index contributed by atoms with van der Waals surface area (Å²) in [6, 6.07) is 13.7. The molecule has 2 heterocycles. The second-order valence-corrected chi connectivity index (χ2v) is 6.90. The topological polar surface area (TPSA) is 84.7 Å². The standard InChI is InChI=1S/C18H14Cl2N6O/c1-10-15(17(27)22-14-8-6-13(20)7-9-14)16(11-2-4-12(19)5-3-11)26-18(21-10)23-24-25-26/h2-9,16H,1H3,(H,22,27)(H,21,23,25). The Morgan fingerprint density at radius 2 is 1.70 bits per heavy atom. The van der Waals surface area contributed by atoms with Crippen molar-refractivity contribution in [3.63, 3.8) is 0 Å². The monoisotopic (exact) mass is 400 g/mol. The second-order valence-electron chi connectivity index (χ2n) is 6.03. The normalized spacial score (nSPS) is 15.9. The van der Waals surface area contributed by atoms with E-state index in [9.17, 15) is 4.79 Å². The smallest absolute Gasteiger partial charge is 0.255 e. The summed E-state index contributed by atoms with van der Waals surface area (Å²) < 4.78 is 1.58. The van der Waals surface area contributed by atoms with Crippen molar-refractivity contribution in [2.24, 2.45) is 0 Å². The molecule has 1 unspecified atom stereocenters. The van der Waals surface area contributed by atoms with E-state index in [1.54, 1.807) is 41.1 Å². The van der Waals surface area contributed by atoms with E-state index in [0.717, 1.165) is 5.56 Å². The molecular weight excluding hydrogens is 387 g/mol. The fraction of sp³-hybridized carbons (Fsp3) is 0.111. The maximum atomic E-state index is 13.1. The van der Waals surface area contributed by atoms with Gasteiger partial charge in [0, 0.05) is 21.4 Å². The Morgan fingerprint density at radius 3 is 2.37 bits per heavy atom. The Bertz CT molecular complexity index is 1030. The molecule has 0 saturated carbocycles. The van der Waals surface area contributed by atoms with Gasteiger partial charge in [-0.25, -0.2) is 0 Å². The molecule has 3 aromatic rings. The summed E-state index contributed by atoms with van der Waals surface area (Å²) in [7, 11) is 0. The van der Waals surface area contributed by atoms with Crippen molar-refractivity contribution in [2.75, 3.05) is 10.6 Å². The van der Waals surface area contributed by atoms with E-state index in [0.29, 0.717) is 33.0 Å². The number of allylic oxidation sites excluding steroid dienone is 1. The van der Waals surface area contributed by atoms with Crippen LogP contribution in [-0.4, -0.2) is 26.1 Å². The highest BCUT2D eigenvalue weighted by Crippen LogP contribution is 2.35. The zero-order chi connectivity index (χ0) is 19.0. The van der Waals surface area contributed by atoms with Gasteiger partial charge in [0.25, 0.3) is 5.91 Å². The molecule has 1 amide bonds. The van der Waals surface area contributed by atoms with E-state index in [2.05, 4.69) is 26.2 Å². The molecule has 0 bridgehead atoms. The number of nitrogens with one attached hydrogen (secondary N) is 2. The number of carbonyl (C=O) groups excluding carboxylic acids is 1. The molecule has 2 N–H and O–H groups in total. The summed E-state index contributed by atoms with van der Waals surface area (Å²) in [5, 5.41) is 18.9. The first-order valence-corrected chi connectivity index (χ1v) is 8.86. The van der Waals surface area contributed by atoms with Gasteiger partial charge in [-0.1, -0.05) is 40.4 Å². The van der Waals surface area contributed by atoms with Crippen LogP contribution >= 0.6 is 23.2 Å². The van der Waals surface area contributed by atoms with Crippen molar-refractivity contribution in [1.82, 2.24) is 20.2 Å². The van der Waals surface area contributed by atoms with Crippen LogP contribution in [0.5, 0.6) is 0 Å². The Kier molecular flexibility index (Phi) is 4.55. The lowest BCUT2D eigenvalue weighted by Crippen LogP contribution is -2.31. The molecule has 0 saturated heterocycles. The molecule has 27 heavy (non-hydrogen) atoms. The van der Waals surface area contributed by atoms with E-state index in [4.69, 9.17) is 23.2 Å². The lowest BCUT2D eigenvalue weighted by molar-refractivity contribution is -0.113. The molecule has 0 aliphatic carbocycles. The molecule has 2 aromatic carbocycles. The van der Waals surface area contributed by atoms with Crippen LogP contribution in [0.4, 0.5) is 11.6 Å². The first-order chi connectivity index (χ1) is 13.0. The van der Waals surface area contributed by atoms with Crippen molar-refractivity contribution < 1.29 is 4.79 Å². The number of benzene rings is 2. The number of hydrogen-bond donors (Lipinski definition) is 2. The fourth-order valence-electron chi connectivity index (χ4n) is 2.99. The molecule has 1 aliphatic heterocycles. The third-order valence-corrected chi connectivity index (χ3v) is 4.75. The van der Waals surface area contributed by atoms with Gasteiger partial charge in [0.05, 0.1) is 5.57 Å². The molecule has 136 valence electrons. The predicted octanol–water partition coefficient (Wildman–Crippen LogP) is 3.91. The largest absolute Gasteiger partial charge is 0.326 e. The zero-order valence-electron chi connectivity index (χ0n) is 14.1. The average Bonchev–Trinajstić information content (AvgIpc) is 3.11. The van der Waals surface area contributed by atoms with Crippen LogP contribution < -0.4 is 10.6 Å². The predicted molar refractivity (Wildman–Crippen MR) is 104 cm³/mol. The zero-order valence-corrected chi connectivity index (χ0v) is 15.7. The van der Waals surface area contributed by atoms with E-state index >= 15 is 0 Å². The number of tetrazole rings is 1. The van der Waals surface area contributed by atoms with Crippen LogP contribution in [0.1, 0.15) is 18.5 Å². The average molecular weight is 401 g/mol. The van der Waals surface area contributed by atoms with Gasteiger partial charge in [0.2, 0.25) is 5.95 Å². The number of anilines is 2. The lowest BCUT2D eigenvalue weighted by atomic mass is 9.95. The van der Waals surface area contributed by atoms with Gasteiger partial charge in [-0.05, 0) is 59.3 Å². The number of nitrogens with zero attached hydrogens (tertiary/aromatic N) is 4. The molecule has 4 rings (SSSR count). The van der Waals surface area contributed by atoms with Gasteiger partial charge in [0.15, 0.2) is 0 Å². The van der Waals surface area contributed by atoms with E-state index < -0.39 is 6.04 Å². The Morgan fingerprint density at radius 1 is 1.07 bits per heavy atom. The molecular formula is C18H14Cl2N6O. The number of amides is 1. The summed E-state index contributed by atoms with van der Waals surface area (Å²) in [5.41, 5.74) is 2.66. The molecule has 7 nitrogen and oxygen atoms in total. The molecule has 9 heteroatoms. The van der Waals surface area contributed by atoms with Crippen LogP contribution in [0.2, 0.25) is 10.0 Å². The van der Waals surface area contributed by atoms with Gasteiger partial charge < -0.3 is 10.6 Å². The minimum atomic E-state index is -0.485. The van der Waals surface area contributed by atoms with Crippen LogP contribution in [0.25, 0.3) is 0 Å². The van der Waals surface area contributed by atoms with Gasteiger partial charge >= 0.3 is 0 Å². The van der Waals surface area contributed by atoms with Crippen molar-refractivity contribution in [3.8, 4) is 0 Å². The Hall–Kier alpha value is -2.90. The maximum Gasteiger partial charge on any atom is 0.255 e. The molecule has 0 radical (unpaired) electrons. The van der Waals surface area contributed by atoms with Crippen molar-refractivity contribution >= 4 is 40.7 Å². The summed E-state index contributed by atoms with van der Waals surface area (Å²) >= 11 is 11.9. The lowest BCUT2D eigenvalue weighted by Gasteiger charge is -2.28. The fourth-order valence-corrected chi connectivity index (χ4v) is 3.24. The van der Waals surface area contributed by atoms with Crippen LogP contribution in [0, 0.1) is 0 Å². The molecule has 1 aliphatic rings. The number of carbonyl (C=O) groups is 1. The number of fused-ring (bicyclic) bond motifs is 1. The van der Waals surface area contributed by atoms with E-state index in [1.165, 1.54) is 0 Å². The second kappa shape index (κ2) is 7.02. The minimum absolute atomic E-state index is 0.261. The van der Waals surface area contributed by atoms with Gasteiger partial charge in [-0.15, -0.1) is 0 Å². The van der Waals surface area contributed by atoms with Crippen LogP contribution in [0.3, 0.4) is 0 Å². The maximum absolute atomic E-state index is 13.1. The first kappa shape index (κ1) is 17.5. The highest BCUT2D eigenvalue weighted by molar-refractivity contribution is 6.30. The van der Waals surface area contributed by atoms with Crippen LogP contribution in [0.15, 0.2) is 59.8 Å². The van der Waals surface area contributed by atoms with Gasteiger partial charge in [0.1, 0.15) is 6.04 Å². The first-order valence-electron chi connectivity index (χ1n) is 8.11.